The minimum Gasteiger partial charge on any atom is -0.488 e. The lowest BCUT2D eigenvalue weighted by Crippen LogP contribution is -1.98. The summed E-state index contributed by atoms with van der Waals surface area (Å²) in [6.45, 7) is 1.94. The molecule has 0 amide bonds. The average Bonchev–Trinajstić information content (AvgIpc) is 2.70. The molecule has 4 heteroatoms. The standard InChI is InChI=1S/C18H14FNO2/c1-11(8-20)18-15-4-2-12(9-21)6-13(15)10-22-17-7-14(19)3-5-16(17)18/h2-7,21H,9-10H2,1H3/b18-11+. The van der Waals surface area contributed by atoms with E-state index in [9.17, 15) is 14.8 Å². The molecular formula is C18H14FNO2. The number of hydrogen-bond donors (Lipinski definition) is 1. The maximum Gasteiger partial charge on any atom is 0.130 e. The molecule has 1 aliphatic heterocycles. The van der Waals surface area contributed by atoms with Crippen molar-refractivity contribution in [2.45, 2.75) is 20.1 Å². The zero-order valence-corrected chi connectivity index (χ0v) is 12.1. The Kier molecular flexibility index (Phi) is 3.66. The molecule has 1 aliphatic rings. The summed E-state index contributed by atoms with van der Waals surface area (Å²) in [7, 11) is 0. The summed E-state index contributed by atoms with van der Waals surface area (Å²) in [4.78, 5) is 0. The Balaban J connectivity index is 2.30. The number of aliphatic hydroxyl groups is 1. The van der Waals surface area contributed by atoms with Crippen molar-refractivity contribution in [1.29, 1.82) is 5.26 Å². The highest BCUT2D eigenvalue weighted by molar-refractivity contribution is 5.88. The van der Waals surface area contributed by atoms with Gasteiger partial charge in [-0.05, 0) is 41.8 Å². The molecule has 0 bridgehead atoms. The van der Waals surface area contributed by atoms with Gasteiger partial charge in [0.15, 0.2) is 0 Å². The predicted molar refractivity (Wildman–Crippen MR) is 80.4 cm³/mol. The van der Waals surface area contributed by atoms with E-state index >= 15 is 0 Å². The number of halogens is 1. The smallest absolute Gasteiger partial charge is 0.130 e. The number of fused-ring (bicyclic) bond motifs is 2. The van der Waals surface area contributed by atoms with Crippen LogP contribution in [-0.4, -0.2) is 5.11 Å². The first-order chi connectivity index (χ1) is 10.6. The Morgan fingerprint density at radius 3 is 2.77 bits per heavy atom. The van der Waals surface area contributed by atoms with Crippen LogP contribution in [0.25, 0.3) is 5.57 Å². The van der Waals surface area contributed by atoms with Gasteiger partial charge in [0.2, 0.25) is 0 Å². The van der Waals surface area contributed by atoms with Gasteiger partial charge in [0.1, 0.15) is 18.2 Å². The van der Waals surface area contributed by atoms with Crippen LogP contribution in [0.5, 0.6) is 5.75 Å². The van der Waals surface area contributed by atoms with Crippen molar-refractivity contribution >= 4 is 5.57 Å². The average molecular weight is 295 g/mol. The van der Waals surface area contributed by atoms with E-state index in [2.05, 4.69) is 6.07 Å². The minimum absolute atomic E-state index is 0.0643. The summed E-state index contributed by atoms with van der Waals surface area (Å²) in [6.07, 6.45) is 0. The van der Waals surface area contributed by atoms with Crippen molar-refractivity contribution in [2.24, 2.45) is 0 Å². The molecule has 110 valence electrons. The van der Waals surface area contributed by atoms with E-state index in [0.717, 1.165) is 22.3 Å². The molecule has 0 atom stereocenters. The molecule has 2 aromatic carbocycles. The number of hydrogen-bond acceptors (Lipinski definition) is 3. The summed E-state index contributed by atoms with van der Waals surface area (Å²) >= 11 is 0. The molecule has 0 aliphatic carbocycles. The van der Waals surface area contributed by atoms with Gasteiger partial charge in [-0.3, -0.25) is 0 Å². The minimum atomic E-state index is -0.380. The number of nitriles is 1. The Morgan fingerprint density at radius 1 is 1.27 bits per heavy atom. The molecule has 0 spiro atoms. The van der Waals surface area contributed by atoms with Gasteiger partial charge in [-0.15, -0.1) is 0 Å². The molecule has 0 radical (unpaired) electrons. The Hall–Kier alpha value is -2.64. The van der Waals surface area contributed by atoms with Crippen LogP contribution in [0.4, 0.5) is 4.39 Å². The van der Waals surface area contributed by atoms with Crippen LogP contribution in [0.2, 0.25) is 0 Å². The fourth-order valence-electron chi connectivity index (χ4n) is 2.69. The summed E-state index contributed by atoms with van der Waals surface area (Å²) in [5.41, 5.74) is 4.50. The van der Waals surface area contributed by atoms with Crippen LogP contribution in [0.3, 0.4) is 0 Å². The first kappa shape index (κ1) is 14.3. The topological polar surface area (TPSA) is 53.2 Å². The largest absolute Gasteiger partial charge is 0.488 e. The number of allylic oxidation sites excluding steroid dienone is 1. The van der Waals surface area contributed by atoms with Crippen molar-refractivity contribution in [2.75, 3.05) is 0 Å². The molecular weight excluding hydrogens is 281 g/mol. The number of rotatable bonds is 1. The third kappa shape index (κ3) is 2.36. The van der Waals surface area contributed by atoms with Gasteiger partial charge in [-0.1, -0.05) is 12.1 Å². The van der Waals surface area contributed by atoms with Crippen LogP contribution in [0, 0.1) is 17.1 Å². The van der Waals surface area contributed by atoms with Crippen LogP contribution in [-0.2, 0) is 13.2 Å². The summed E-state index contributed by atoms with van der Waals surface area (Å²) in [5, 5.41) is 18.6. The summed E-state index contributed by atoms with van der Waals surface area (Å²) < 4.78 is 19.2. The molecule has 1 heterocycles. The van der Waals surface area contributed by atoms with Crippen molar-refractivity contribution in [1.82, 2.24) is 0 Å². The molecule has 1 N–H and O–H groups in total. The van der Waals surface area contributed by atoms with Crippen molar-refractivity contribution in [3.63, 3.8) is 0 Å². The highest BCUT2D eigenvalue weighted by Crippen LogP contribution is 2.39. The Bertz CT molecular complexity index is 818. The van der Waals surface area contributed by atoms with Crippen LogP contribution in [0.15, 0.2) is 42.0 Å². The molecule has 3 rings (SSSR count). The number of nitrogens with zero attached hydrogens (tertiary/aromatic N) is 1. The monoisotopic (exact) mass is 295 g/mol. The second kappa shape index (κ2) is 5.63. The molecule has 22 heavy (non-hydrogen) atoms. The first-order valence-corrected chi connectivity index (χ1v) is 6.90. The quantitative estimate of drug-likeness (QED) is 0.818. The second-order valence-corrected chi connectivity index (χ2v) is 5.19. The van der Waals surface area contributed by atoms with Crippen LogP contribution < -0.4 is 4.74 Å². The Labute approximate surface area is 127 Å². The van der Waals surface area contributed by atoms with Crippen LogP contribution >= 0.6 is 0 Å². The first-order valence-electron chi connectivity index (χ1n) is 6.90. The molecule has 0 unspecified atom stereocenters. The molecule has 0 saturated heterocycles. The fraction of sp³-hybridized carbons (Fsp3) is 0.167. The van der Waals surface area contributed by atoms with Gasteiger partial charge >= 0.3 is 0 Å². The normalized spacial score (nSPS) is 15.0. The van der Waals surface area contributed by atoms with Crippen molar-refractivity contribution in [3.8, 4) is 11.8 Å². The SMILES string of the molecule is C/C(C#N)=C1/c2ccc(CO)cc2COc2cc(F)ccc21. The van der Waals surface area contributed by atoms with Crippen molar-refractivity contribution in [3.05, 3.63) is 70.0 Å². The number of aliphatic hydroxyl groups excluding tert-OH is 1. The molecule has 0 saturated carbocycles. The third-order valence-corrected chi connectivity index (χ3v) is 3.76. The van der Waals surface area contributed by atoms with Gasteiger partial charge in [-0.2, -0.15) is 5.26 Å². The van der Waals surface area contributed by atoms with E-state index in [1.807, 2.05) is 18.2 Å². The third-order valence-electron chi connectivity index (χ3n) is 3.76. The number of ether oxygens (including phenoxy) is 1. The van der Waals surface area contributed by atoms with E-state index in [-0.39, 0.29) is 19.0 Å². The highest BCUT2D eigenvalue weighted by atomic mass is 19.1. The van der Waals surface area contributed by atoms with E-state index in [1.165, 1.54) is 12.1 Å². The lowest BCUT2D eigenvalue weighted by atomic mass is 9.90. The fourth-order valence-corrected chi connectivity index (χ4v) is 2.69. The maximum absolute atomic E-state index is 13.5. The molecule has 0 fully saturated rings. The maximum atomic E-state index is 13.5. The van der Waals surface area contributed by atoms with E-state index in [4.69, 9.17) is 4.74 Å². The molecule has 2 aromatic rings. The van der Waals surface area contributed by atoms with Gasteiger partial charge in [0, 0.05) is 22.8 Å². The van der Waals surface area contributed by atoms with Gasteiger partial charge < -0.3 is 9.84 Å². The van der Waals surface area contributed by atoms with Gasteiger partial charge in [-0.25, -0.2) is 4.39 Å². The van der Waals surface area contributed by atoms with Gasteiger partial charge in [0.05, 0.1) is 12.7 Å². The molecule has 3 nitrogen and oxygen atoms in total. The van der Waals surface area contributed by atoms with E-state index in [1.54, 1.807) is 13.0 Å². The highest BCUT2D eigenvalue weighted by Gasteiger charge is 2.22. The second-order valence-electron chi connectivity index (χ2n) is 5.19. The Morgan fingerprint density at radius 2 is 2.05 bits per heavy atom. The van der Waals surface area contributed by atoms with E-state index < -0.39 is 0 Å². The number of benzene rings is 2. The van der Waals surface area contributed by atoms with Crippen molar-refractivity contribution < 1.29 is 14.2 Å². The lowest BCUT2D eigenvalue weighted by molar-refractivity contribution is 0.280. The van der Waals surface area contributed by atoms with Crippen LogP contribution in [0.1, 0.15) is 29.2 Å². The summed E-state index contributed by atoms with van der Waals surface area (Å²) in [5.74, 6) is 0.0427. The van der Waals surface area contributed by atoms with E-state index in [0.29, 0.717) is 16.9 Å². The lowest BCUT2D eigenvalue weighted by Gasteiger charge is -2.12. The summed E-state index contributed by atoms with van der Waals surface area (Å²) in [6, 6.07) is 12.0. The zero-order valence-electron chi connectivity index (χ0n) is 12.1. The van der Waals surface area contributed by atoms with Gasteiger partial charge in [0.25, 0.3) is 0 Å². The zero-order chi connectivity index (χ0) is 15.7. The predicted octanol–water partition coefficient (Wildman–Crippen LogP) is 3.56. The molecule has 0 aromatic heterocycles.